The van der Waals surface area contributed by atoms with E-state index in [1.165, 1.54) is 0 Å². The SMILES string of the molecule is NC(CC1CC=C=CC1)C(O)C(F)(F)F. The van der Waals surface area contributed by atoms with Crippen LogP contribution in [0.3, 0.4) is 0 Å². The average molecular weight is 221 g/mol. The van der Waals surface area contributed by atoms with E-state index in [0.29, 0.717) is 12.8 Å². The number of hydrogen-bond donors (Lipinski definition) is 2. The van der Waals surface area contributed by atoms with Crippen molar-refractivity contribution >= 4 is 0 Å². The first-order valence-electron chi connectivity index (χ1n) is 4.81. The molecule has 0 bridgehead atoms. The molecule has 1 aliphatic rings. The Morgan fingerprint density at radius 2 is 1.93 bits per heavy atom. The van der Waals surface area contributed by atoms with Gasteiger partial charge in [-0.15, -0.1) is 5.73 Å². The Hall–Kier alpha value is -0.770. The van der Waals surface area contributed by atoms with Crippen LogP contribution in [0.25, 0.3) is 0 Å². The van der Waals surface area contributed by atoms with Crippen LogP contribution in [0.4, 0.5) is 13.2 Å². The quantitative estimate of drug-likeness (QED) is 0.713. The van der Waals surface area contributed by atoms with Crippen molar-refractivity contribution in [2.45, 2.75) is 37.6 Å². The van der Waals surface area contributed by atoms with Gasteiger partial charge in [0.1, 0.15) is 0 Å². The van der Waals surface area contributed by atoms with Gasteiger partial charge in [0.15, 0.2) is 6.10 Å². The van der Waals surface area contributed by atoms with Crippen LogP contribution in [0.15, 0.2) is 17.9 Å². The Morgan fingerprint density at radius 1 is 1.40 bits per heavy atom. The molecule has 0 saturated heterocycles. The second kappa shape index (κ2) is 4.84. The summed E-state index contributed by atoms with van der Waals surface area (Å²) in [6.45, 7) is 0. The van der Waals surface area contributed by atoms with E-state index < -0.39 is 18.3 Å². The number of nitrogens with two attached hydrogens (primary N) is 1. The molecule has 3 N–H and O–H groups in total. The van der Waals surface area contributed by atoms with E-state index in [1.54, 1.807) is 12.2 Å². The molecular formula is C10H14F3NO. The average Bonchev–Trinajstić information content (AvgIpc) is 2.16. The number of alkyl halides is 3. The van der Waals surface area contributed by atoms with Gasteiger partial charge in [-0.1, -0.05) is 0 Å². The van der Waals surface area contributed by atoms with Gasteiger partial charge < -0.3 is 10.8 Å². The number of allylic oxidation sites excluding steroid dienone is 1. The lowest BCUT2D eigenvalue weighted by Crippen LogP contribution is -2.45. The second-order valence-corrected chi connectivity index (χ2v) is 3.80. The zero-order valence-electron chi connectivity index (χ0n) is 8.17. The van der Waals surface area contributed by atoms with Gasteiger partial charge in [-0.2, -0.15) is 13.2 Å². The van der Waals surface area contributed by atoms with Crippen LogP contribution < -0.4 is 5.73 Å². The Kier molecular flexibility index (Phi) is 3.97. The largest absolute Gasteiger partial charge is 0.415 e. The first kappa shape index (κ1) is 12.3. The predicted octanol–water partition coefficient (Wildman–Crippen LogP) is 1.75. The lowest BCUT2D eigenvalue weighted by molar-refractivity contribution is -0.210. The summed E-state index contributed by atoms with van der Waals surface area (Å²) in [6, 6.07) is -1.24. The van der Waals surface area contributed by atoms with Crippen molar-refractivity contribution in [3.05, 3.63) is 17.9 Å². The second-order valence-electron chi connectivity index (χ2n) is 3.80. The number of rotatable bonds is 3. The van der Waals surface area contributed by atoms with Gasteiger partial charge in [0.05, 0.1) is 0 Å². The van der Waals surface area contributed by atoms with Crippen LogP contribution in [-0.2, 0) is 0 Å². The van der Waals surface area contributed by atoms with Gasteiger partial charge in [0.25, 0.3) is 0 Å². The molecule has 86 valence electrons. The number of halogens is 3. The molecule has 2 atom stereocenters. The maximum atomic E-state index is 12.1. The monoisotopic (exact) mass is 221 g/mol. The fourth-order valence-electron chi connectivity index (χ4n) is 1.60. The zero-order chi connectivity index (χ0) is 11.5. The van der Waals surface area contributed by atoms with Crippen LogP contribution >= 0.6 is 0 Å². The Morgan fingerprint density at radius 3 is 2.40 bits per heavy atom. The van der Waals surface area contributed by atoms with Crippen LogP contribution in [0.2, 0.25) is 0 Å². The number of aliphatic hydroxyl groups is 1. The first-order chi connectivity index (χ1) is 6.91. The highest BCUT2D eigenvalue weighted by Crippen LogP contribution is 2.26. The molecule has 0 saturated carbocycles. The molecule has 2 nitrogen and oxygen atoms in total. The molecule has 0 spiro atoms. The van der Waals surface area contributed by atoms with Gasteiger partial charge in [-0.25, -0.2) is 0 Å². The van der Waals surface area contributed by atoms with Gasteiger partial charge in [0.2, 0.25) is 0 Å². The van der Waals surface area contributed by atoms with Gasteiger partial charge in [-0.05, 0) is 37.3 Å². The fourth-order valence-corrected chi connectivity index (χ4v) is 1.60. The van der Waals surface area contributed by atoms with Crippen LogP contribution in [0.5, 0.6) is 0 Å². The molecule has 0 aromatic rings. The molecule has 0 aliphatic heterocycles. The molecule has 15 heavy (non-hydrogen) atoms. The Labute approximate surface area is 86.3 Å². The van der Waals surface area contributed by atoms with Crippen molar-refractivity contribution in [1.29, 1.82) is 0 Å². The summed E-state index contributed by atoms with van der Waals surface area (Å²) < 4.78 is 36.3. The van der Waals surface area contributed by atoms with Gasteiger partial charge in [0, 0.05) is 6.04 Å². The summed E-state index contributed by atoms with van der Waals surface area (Å²) in [5.74, 6) is 0.0817. The molecule has 1 rings (SSSR count). The molecule has 0 heterocycles. The zero-order valence-corrected chi connectivity index (χ0v) is 8.17. The fraction of sp³-hybridized carbons (Fsp3) is 0.700. The summed E-state index contributed by atoms with van der Waals surface area (Å²) >= 11 is 0. The Balaban J connectivity index is 2.42. The van der Waals surface area contributed by atoms with Crippen LogP contribution in [0.1, 0.15) is 19.3 Å². The molecule has 1 aliphatic carbocycles. The smallest absolute Gasteiger partial charge is 0.382 e. The lowest BCUT2D eigenvalue weighted by atomic mass is 9.89. The minimum atomic E-state index is -4.63. The maximum absolute atomic E-state index is 12.1. The van der Waals surface area contributed by atoms with Crippen LogP contribution in [0, 0.1) is 5.92 Å². The third kappa shape index (κ3) is 3.70. The van der Waals surface area contributed by atoms with Crippen LogP contribution in [-0.4, -0.2) is 23.4 Å². The minimum absolute atomic E-state index is 0.0817. The lowest BCUT2D eigenvalue weighted by Gasteiger charge is -2.25. The van der Waals surface area contributed by atoms with Crippen molar-refractivity contribution in [1.82, 2.24) is 0 Å². The minimum Gasteiger partial charge on any atom is -0.382 e. The molecule has 0 fully saturated rings. The van der Waals surface area contributed by atoms with E-state index in [-0.39, 0.29) is 12.3 Å². The third-order valence-electron chi connectivity index (χ3n) is 2.48. The van der Waals surface area contributed by atoms with E-state index in [4.69, 9.17) is 10.8 Å². The normalized spacial score (nSPS) is 21.7. The maximum Gasteiger partial charge on any atom is 0.415 e. The molecule has 0 radical (unpaired) electrons. The van der Waals surface area contributed by atoms with E-state index in [9.17, 15) is 13.2 Å². The summed E-state index contributed by atoms with van der Waals surface area (Å²) in [5, 5.41) is 8.90. The van der Waals surface area contributed by atoms with Gasteiger partial charge in [-0.3, -0.25) is 0 Å². The van der Waals surface area contributed by atoms with E-state index in [1.807, 2.05) is 0 Å². The van der Waals surface area contributed by atoms with E-state index in [2.05, 4.69) is 5.73 Å². The Bertz CT molecular complexity index is 258. The molecule has 0 amide bonds. The summed E-state index contributed by atoms with van der Waals surface area (Å²) in [6.07, 6.45) is -1.97. The first-order valence-corrected chi connectivity index (χ1v) is 4.81. The highest BCUT2D eigenvalue weighted by atomic mass is 19.4. The highest BCUT2D eigenvalue weighted by Gasteiger charge is 2.42. The van der Waals surface area contributed by atoms with Crippen molar-refractivity contribution in [2.75, 3.05) is 0 Å². The van der Waals surface area contributed by atoms with E-state index in [0.717, 1.165) is 0 Å². The standard InChI is InChI=1S/C10H14F3NO/c11-10(12,13)9(15)8(14)6-7-4-2-1-3-5-7/h2-3,7-9,15H,4-6,14H2. The molecule has 0 aromatic carbocycles. The highest BCUT2D eigenvalue weighted by molar-refractivity contribution is 4.95. The summed E-state index contributed by atoms with van der Waals surface area (Å²) in [5.41, 5.74) is 8.19. The van der Waals surface area contributed by atoms with Crippen molar-refractivity contribution < 1.29 is 18.3 Å². The number of hydrogen-bond acceptors (Lipinski definition) is 2. The number of aliphatic hydroxyl groups excluding tert-OH is 1. The summed E-state index contributed by atoms with van der Waals surface area (Å²) in [4.78, 5) is 0. The topological polar surface area (TPSA) is 46.2 Å². The van der Waals surface area contributed by atoms with Crippen molar-refractivity contribution in [3.63, 3.8) is 0 Å². The third-order valence-corrected chi connectivity index (χ3v) is 2.48. The van der Waals surface area contributed by atoms with Gasteiger partial charge >= 0.3 is 6.18 Å². The van der Waals surface area contributed by atoms with Crippen molar-refractivity contribution in [3.8, 4) is 0 Å². The molecule has 2 unspecified atom stereocenters. The van der Waals surface area contributed by atoms with E-state index >= 15 is 0 Å². The van der Waals surface area contributed by atoms with Crippen molar-refractivity contribution in [2.24, 2.45) is 11.7 Å². The predicted molar refractivity (Wildman–Crippen MR) is 50.0 cm³/mol. The molecular weight excluding hydrogens is 207 g/mol. The summed E-state index contributed by atoms with van der Waals surface area (Å²) in [7, 11) is 0. The molecule has 5 heteroatoms. The molecule has 0 aromatic heterocycles.